The lowest BCUT2D eigenvalue weighted by molar-refractivity contribution is 0.299. The zero-order valence-electron chi connectivity index (χ0n) is 11.8. The summed E-state index contributed by atoms with van der Waals surface area (Å²) in [4.78, 5) is 0. The highest BCUT2D eigenvalue weighted by atomic mass is 16.5. The fraction of sp³-hybridized carbons (Fsp3) is 0.625. The molecule has 1 rings (SSSR count). The van der Waals surface area contributed by atoms with Gasteiger partial charge in [-0.1, -0.05) is 57.7 Å². The predicted octanol–water partition coefficient (Wildman–Crippen LogP) is 4.45. The molecule has 1 aromatic carbocycles. The Morgan fingerprint density at radius 1 is 1.06 bits per heavy atom. The summed E-state index contributed by atoms with van der Waals surface area (Å²) in [5.74, 6) is 0.961. The van der Waals surface area contributed by atoms with Crippen molar-refractivity contribution in [3.8, 4) is 5.75 Å². The lowest BCUT2D eigenvalue weighted by Crippen LogP contribution is -2.11. The maximum atomic E-state index is 6.09. The van der Waals surface area contributed by atoms with E-state index >= 15 is 0 Å². The molecule has 0 spiro atoms. The first-order valence-electron chi connectivity index (χ1n) is 7.26. The number of benzene rings is 1. The van der Waals surface area contributed by atoms with Crippen LogP contribution in [0, 0.1) is 0 Å². The Labute approximate surface area is 112 Å². The maximum Gasteiger partial charge on any atom is 0.124 e. The van der Waals surface area contributed by atoms with Crippen molar-refractivity contribution in [2.75, 3.05) is 6.61 Å². The van der Waals surface area contributed by atoms with Crippen LogP contribution in [-0.4, -0.2) is 6.61 Å². The second-order valence-electron chi connectivity index (χ2n) is 4.82. The van der Waals surface area contributed by atoms with Gasteiger partial charge in [0.15, 0.2) is 0 Å². The van der Waals surface area contributed by atoms with Crippen LogP contribution in [0.2, 0.25) is 0 Å². The van der Waals surface area contributed by atoms with E-state index in [1.54, 1.807) is 0 Å². The average Bonchev–Trinajstić information content (AvgIpc) is 2.42. The average molecular weight is 249 g/mol. The molecular formula is C16H27NO. The predicted molar refractivity (Wildman–Crippen MR) is 77.9 cm³/mol. The summed E-state index contributed by atoms with van der Waals surface area (Å²) in [6, 6.07) is 8.22. The summed E-state index contributed by atoms with van der Waals surface area (Å²) in [5, 5.41) is 0. The van der Waals surface area contributed by atoms with Gasteiger partial charge in [0, 0.05) is 11.6 Å². The van der Waals surface area contributed by atoms with E-state index in [9.17, 15) is 0 Å². The molecule has 0 fully saturated rings. The molecule has 0 amide bonds. The summed E-state index contributed by atoms with van der Waals surface area (Å²) in [6.07, 6.45) is 7.27. The largest absolute Gasteiger partial charge is 0.493 e. The van der Waals surface area contributed by atoms with E-state index in [0.29, 0.717) is 0 Å². The molecule has 0 saturated carbocycles. The van der Waals surface area contributed by atoms with E-state index in [1.165, 1.54) is 25.7 Å². The molecule has 102 valence electrons. The van der Waals surface area contributed by atoms with E-state index in [4.69, 9.17) is 10.5 Å². The summed E-state index contributed by atoms with van der Waals surface area (Å²) >= 11 is 0. The molecule has 0 aliphatic rings. The minimum absolute atomic E-state index is 0.0845. The van der Waals surface area contributed by atoms with Gasteiger partial charge in [0.25, 0.3) is 0 Å². The van der Waals surface area contributed by atoms with Gasteiger partial charge in [-0.3, -0.25) is 0 Å². The summed E-state index contributed by atoms with van der Waals surface area (Å²) in [5.41, 5.74) is 7.22. The molecule has 18 heavy (non-hydrogen) atoms. The van der Waals surface area contributed by atoms with Crippen LogP contribution in [0.5, 0.6) is 5.75 Å². The van der Waals surface area contributed by atoms with Crippen LogP contribution in [0.1, 0.15) is 64.0 Å². The van der Waals surface area contributed by atoms with E-state index in [2.05, 4.69) is 19.9 Å². The molecule has 2 nitrogen and oxygen atoms in total. The van der Waals surface area contributed by atoms with E-state index < -0.39 is 0 Å². The molecule has 0 aliphatic carbocycles. The first-order valence-corrected chi connectivity index (χ1v) is 7.26. The molecule has 2 N–H and O–H groups in total. The highest BCUT2D eigenvalue weighted by Gasteiger charge is 2.09. The van der Waals surface area contributed by atoms with Crippen LogP contribution in [0.25, 0.3) is 0 Å². The van der Waals surface area contributed by atoms with Gasteiger partial charge in [-0.15, -0.1) is 0 Å². The van der Waals surface area contributed by atoms with Crippen LogP contribution in [-0.2, 0) is 0 Å². The summed E-state index contributed by atoms with van der Waals surface area (Å²) < 4.78 is 5.86. The van der Waals surface area contributed by atoms with E-state index in [1.807, 2.05) is 18.2 Å². The number of unbranched alkanes of at least 4 members (excludes halogenated alkanes) is 4. The van der Waals surface area contributed by atoms with Gasteiger partial charge in [-0.25, -0.2) is 0 Å². The van der Waals surface area contributed by atoms with Gasteiger partial charge in [-0.2, -0.15) is 0 Å². The molecule has 0 heterocycles. The first kappa shape index (κ1) is 15.0. The Morgan fingerprint density at radius 3 is 2.50 bits per heavy atom. The summed E-state index contributed by atoms with van der Waals surface area (Å²) in [6.45, 7) is 5.14. The van der Waals surface area contributed by atoms with Crippen molar-refractivity contribution < 1.29 is 4.74 Å². The van der Waals surface area contributed by atoms with Crippen LogP contribution in [0.15, 0.2) is 24.3 Å². The Balaban J connectivity index is 2.37. The number of para-hydroxylation sites is 1. The molecule has 0 bridgehead atoms. The summed E-state index contributed by atoms with van der Waals surface area (Å²) in [7, 11) is 0. The first-order chi connectivity index (χ1) is 8.79. The third-order valence-electron chi connectivity index (χ3n) is 3.26. The maximum absolute atomic E-state index is 6.09. The quantitative estimate of drug-likeness (QED) is 0.656. The fourth-order valence-electron chi connectivity index (χ4n) is 2.03. The normalized spacial score (nSPS) is 12.4. The molecule has 1 aromatic rings. The molecule has 2 heteroatoms. The van der Waals surface area contributed by atoms with Crippen molar-refractivity contribution >= 4 is 0 Å². The smallest absolute Gasteiger partial charge is 0.124 e. The minimum Gasteiger partial charge on any atom is -0.493 e. The number of nitrogens with two attached hydrogens (primary N) is 1. The molecule has 0 aromatic heterocycles. The standard InChI is InChI=1S/C16H27NO/c1-3-5-6-7-10-13-18-16-12-9-8-11-14(16)15(17)4-2/h8-9,11-12,15H,3-7,10,13,17H2,1-2H3. The molecule has 0 saturated heterocycles. The topological polar surface area (TPSA) is 35.2 Å². The van der Waals surface area contributed by atoms with Gasteiger partial charge in [-0.05, 0) is 18.9 Å². The number of rotatable bonds is 9. The number of ether oxygens (including phenoxy) is 1. The Bertz CT molecular complexity index is 325. The van der Waals surface area contributed by atoms with Crippen LogP contribution >= 0.6 is 0 Å². The lowest BCUT2D eigenvalue weighted by atomic mass is 10.0. The van der Waals surface area contributed by atoms with Crippen molar-refractivity contribution in [1.29, 1.82) is 0 Å². The second kappa shape index (κ2) is 8.98. The Hall–Kier alpha value is -1.02. The van der Waals surface area contributed by atoms with Gasteiger partial charge < -0.3 is 10.5 Å². The van der Waals surface area contributed by atoms with Gasteiger partial charge >= 0.3 is 0 Å². The number of hydrogen-bond acceptors (Lipinski definition) is 2. The van der Waals surface area contributed by atoms with E-state index in [0.717, 1.165) is 30.8 Å². The van der Waals surface area contributed by atoms with Crippen LogP contribution < -0.4 is 10.5 Å². The van der Waals surface area contributed by atoms with Gasteiger partial charge in [0.05, 0.1) is 6.61 Å². The lowest BCUT2D eigenvalue weighted by Gasteiger charge is -2.15. The van der Waals surface area contributed by atoms with Gasteiger partial charge in [0.2, 0.25) is 0 Å². The van der Waals surface area contributed by atoms with Crippen molar-refractivity contribution in [2.45, 2.75) is 58.4 Å². The van der Waals surface area contributed by atoms with Crippen molar-refractivity contribution in [1.82, 2.24) is 0 Å². The van der Waals surface area contributed by atoms with Gasteiger partial charge in [0.1, 0.15) is 5.75 Å². The van der Waals surface area contributed by atoms with Crippen LogP contribution in [0.4, 0.5) is 0 Å². The zero-order chi connectivity index (χ0) is 13.2. The molecule has 1 atom stereocenters. The fourth-order valence-corrected chi connectivity index (χ4v) is 2.03. The third-order valence-corrected chi connectivity index (χ3v) is 3.26. The van der Waals surface area contributed by atoms with E-state index in [-0.39, 0.29) is 6.04 Å². The molecule has 0 aliphatic heterocycles. The Kier molecular flexibility index (Phi) is 7.51. The molecule has 1 unspecified atom stereocenters. The highest BCUT2D eigenvalue weighted by molar-refractivity contribution is 5.35. The SMILES string of the molecule is CCCCCCCOc1ccccc1C(N)CC. The molecular weight excluding hydrogens is 222 g/mol. The molecule has 0 radical (unpaired) electrons. The minimum atomic E-state index is 0.0845. The Morgan fingerprint density at radius 2 is 1.78 bits per heavy atom. The zero-order valence-corrected chi connectivity index (χ0v) is 11.8. The van der Waals surface area contributed by atoms with Crippen LogP contribution in [0.3, 0.4) is 0 Å². The number of hydrogen-bond donors (Lipinski definition) is 1. The van der Waals surface area contributed by atoms with Crippen molar-refractivity contribution in [3.63, 3.8) is 0 Å². The van der Waals surface area contributed by atoms with Crippen molar-refractivity contribution in [3.05, 3.63) is 29.8 Å². The highest BCUT2D eigenvalue weighted by Crippen LogP contribution is 2.25. The third kappa shape index (κ3) is 5.09. The van der Waals surface area contributed by atoms with Crippen molar-refractivity contribution in [2.24, 2.45) is 5.73 Å². The second-order valence-corrected chi connectivity index (χ2v) is 4.82. The monoisotopic (exact) mass is 249 g/mol.